The Bertz CT molecular complexity index is 1060. The van der Waals surface area contributed by atoms with E-state index < -0.39 is 38.6 Å². The topological polar surface area (TPSA) is 86.7 Å². The molecule has 0 radical (unpaired) electrons. The fraction of sp³-hybridized carbons (Fsp3) is 0.350. The van der Waals surface area contributed by atoms with Crippen molar-refractivity contribution in [1.82, 2.24) is 4.31 Å². The van der Waals surface area contributed by atoms with E-state index in [1.54, 1.807) is 0 Å². The highest BCUT2D eigenvalue weighted by atomic mass is 35.5. The Morgan fingerprint density at radius 3 is 2.60 bits per heavy atom. The lowest BCUT2D eigenvalue weighted by atomic mass is 10.0. The number of nitrogens with zero attached hydrogens (tertiary/aromatic N) is 1. The highest BCUT2D eigenvalue weighted by Crippen LogP contribution is 2.26. The molecule has 162 valence electrons. The van der Waals surface area contributed by atoms with Gasteiger partial charge in [-0.15, -0.1) is 0 Å². The highest BCUT2D eigenvalue weighted by molar-refractivity contribution is 7.89. The number of aliphatic hydroxyl groups excluding tert-OH is 1. The van der Waals surface area contributed by atoms with Crippen LogP contribution in [0.2, 0.25) is 5.02 Å². The lowest BCUT2D eigenvalue weighted by Gasteiger charge is -2.23. The molecular weight excluding hydrogens is 438 g/mol. The van der Waals surface area contributed by atoms with E-state index in [0.29, 0.717) is 12.8 Å². The molecule has 1 aliphatic rings. The Labute approximate surface area is 178 Å². The van der Waals surface area contributed by atoms with Gasteiger partial charge in [0.05, 0.1) is 11.1 Å². The van der Waals surface area contributed by atoms with Crippen molar-refractivity contribution < 1.29 is 27.1 Å². The summed E-state index contributed by atoms with van der Waals surface area (Å²) in [5, 5.41) is 12.4. The van der Waals surface area contributed by atoms with Crippen LogP contribution in [-0.2, 0) is 10.0 Å². The first-order chi connectivity index (χ1) is 14.1. The van der Waals surface area contributed by atoms with Gasteiger partial charge in [-0.05, 0) is 55.2 Å². The first-order valence-electron chi connectivity index (χ1n) is 9.34. The summed E-state index contributed by atoms with van der Waals surface area (Å²) in [6.45, 7) is 1.83. The summed E-state index contributed by atoms with van der Waals surface area (Å²) in [6.07, 6.45) is 0.322. The number of amides is 1. The predicted octanol–water partition coefficient (Wildman–Crippen LogP) is 3.65. The molecule has 0 saturated carbocycles. The third-order valence-corrected chi connectivity index (χ3v) is 7.27. The molecule has 2 atom stereocenters. The second-order valence-electron chi connectivity index (χ2n) is 7.28. The van der Waals surface area contributed by atoms with E-state index in [4.69, 9.17) is 11.6 Å². The fourth-order valence-electron chi connectivity index (χ4n) is 3.24. The van der Waals surface area contributed by atoms with Crippen LogP contribution < -0.4 is 5.32 Å². The quantitative estimate of drug-likeness (QED) is 0.732. The van der Waals surface area contributed by atoms with Crippen molar-refractivity contribution in [2.45, 2.75) is 30.8 Å². The van der Waals surface area contributed by atoms with Crippen molar-refractivity contribution in [2.75, 3.05) is 18.4 Å². The normalized spacial score (nSPS) is 20.6. The summed E-state index contributed by atoms with van der Waals surface area (Å²) >= 11 is 5.69. The number of aliphatic hydroxyl groups is 1. The van der Waals surface area contributed by atoms with Crippen LogP contribution in [0.15, 0.2) is 41.3 Å². The summed E-state index contributed by atoms with van der Waals surface area (Å²) in [5.74, 6) is -2.43. The van der Waals surface area contributed by atoms with Gasteiger partial charge in [0.25, 0.3) is 5.91 Å². The molecule has 2 N–H and O–H groups in total. The standard InChI is InChI=1S/C20H21ClF2N2O4S/c1-12-3-2-8-25(11-18(12)26)30(28,29)19-9-13(4-6-17(19)23)20(27)24-14-5-7-16(22)15(21)10-14/h4-7,9-10,12,18,26H,2-3,8,11H2,1H3,(H,24,27)/t12?,18-/m1/s1. The molecule has 1 fully saturated rings. The maximum Gasteiger partial charge on any atom is 0.255 e. The number of benzene rings is 2. The van der Waals surface area contributed by atoms with Crippen LogP contribution in [0.1, 0.15) is 30.1 Å². The maximum atomic E-state index is 14.4. The molecule has 1 unspecified atom stereocenters. The zero-order valence-corrected chi connectivity index (χ0v) is 17.7. The van der Waals surface area contributed by atoms with Crippen LogP contribution in [0, 0.1) is 17.6 Å². The molecule has 0 spiro atoms. The van der Waals surface area contributed by atoms with Crippen molar-refractivity contribution in [3.8, 4) is 0 Å². The average molecular weight is 459 g/mol. The fourth-order valence-corrected chi connectivity index (χ4v) is 5.01. The second-order valence-corrected chi connectivity index (χ2v) is 9.59. The molecule has 1 aliphatic heterocycles. The van der Waals surface area contributed by atoms with E-state index in [9.17, 15) is 27.1 Å². The predicted molar refractivity (Wildman–Crippen MR) is 109 cm³/mol. The second kappa shape index (κ2) is 8.97. The lowest BCUT2D eigenvalue weighted by Crippen LogP contribution is -2.38. The molecule has 10 heteroatoms. The van der Waals surface area contributed by atoms with E-state index in [2.05, 4.69) is 5.32 Å². The van der Waals surface area contributed by atoms with Gasteiger partial charge in [0.15, 0.2) is 0 Å². The number of hydrogen-bond acceptors (Lipinski definition) is 4. The summed E-state index contributed by atoms with van der Waals surface area (Å²) < 4.78 is 54.8. The van der Waals surface area contributed by atoms with Crippen molar-refractivity contribution in [3.63, 3.8) is 0 Å². The molecule has 2 aromatic rings. The number of β-amino-alcohol motifs (C(OH)–C–C–N with tert-alkyl or cyclic N) is 1. The minimum absolute atomic E-state index is 0.0744. The summed E-state index contributed by atoms with van der Waals surface area (Å²) in [7, 11) is -4.27. The van der Waals surface area contributed by atoms with Gasteiger partial charge < -0.3 is 10.4 Å². The third kappa shape index (κ3) is 4.80. The monoisotopic (exact) mass is 458 g/mol. The minimum atomic E-state index is -4.27. The molecule has 0 aromatic heterocycles. The Balaban J connectivity index is 1.88. The van der Waals surface area contributed by atoms with E-state index >= 15 is 0 Å². The van der Waals surface area contributed by atoms with E-state index in [1.807, 2.05) is 6.92 Å². The SMILES string of the molecule is CC1CCCN(S(=O)(=O)c2cc(C(=O)Nc3ccc(F)c(Cl)c3)ccc2F)C[C@H]1O. The average Bonchev–Trinajstić information content (AvgIpc) is 2.86. The first kappa shape index (κ1) is 22.6. The first-order valence-corrected chi connectivity index (χ1v) is 11.2. The largest absolute Gasteiger partial charge is 0.391 e. The summed E-state index contributed by atoms with van der Waals surface area (Å²) in [5.41, 5.74) is 0.101. The zero-order chi connectivity index (χ0) is 22.1. The number of carbonyl (C=O) groups excluding carboxylic acids is 1. The molecule has 0 aliphatic carbocycles. The molecule has 2 aromatic carbocycles. The van der Waals surface area contributed by atoms with E-state index in [1.165, 1.54) is 12.1 Å². The molecular formula is C20H21ClF2N2O4S. The Hall–Kier alpha value is -2.07. The minimum Gasteiger partial charge on any atom is -0.391 e. The molecule has 30 heavy (non-hydrogen) atoms. The van der Waals surface area contributed by atoms with Crippen molar-refractivity contribution in [3.05, 3.63) is 58.6 Å². The third-order valence-electron chi connectivity index (χ3n) is 5.10. The Morgan fingerprint density at radius 2 is 1.90 bits per heavy atom. The van der Waals surface area contributed by atoms with Crippen molar-refractivity contribution in [2.24, 2.45) is 5.92 Å². The Kier molecular flexibility index (Phi) is 6.76. The van der Waals surface area contributed by atoms with Crippen molar-refractivity contribution in [1.29, 1.82) is 0 Å². The van der Waals surface area contributed by atoms with Gasteiger partial charge in [-0.3, -0.25) is 4.79 Å². The Morgan fingerprint density at radius 1 is 1.20 bits per heavy atom. The summed E-state index contributed by atoms with van der Waals surface area (Å²) in [6, 6.07) is 6.57. The van der Waals surface area contributed by atoms with Crippen LogP contribution in [-0.4, -0.2) is 42.9 Å². The van der Waals surface area contributed by atoms with Crippen LogP contribution >= 0.6 is 11.6 Å². The lowest BCUT2D eigenvalue weighted by molar-refractivity contribution is 0.102. The van der Waals surface area contributed by atoms with Crippen LogP contribution in [0.4, 0.5) is 14.5 Å². The van der Waals surface area contributed by atoms with Gasteiger partial charge in [0.1, 0.15) is 16.5 Å². The number of halogens is 3. The maximum absolute atomic E-state index is 14.4. The van der Waals surface area contributed by atoms with Crippen LogP contribution in [0.25, 0.3) is 0 Å². The number of anilines is 1. The number of nitrogens with one attached hydrogen (secondary N) is 1. The van der Waals surface area contributed by atoms with E-state index in [0.717, 1.165) is 28.6 Å². The van der Waals surface area contributed by atoms with Gasteiger partial charge in [-0.1, -0.05) is 18.5 Å². The molecule has 1 heterocycles. The van der Waals surface area contributed by atoms with Gasteiger partial charge in [-0.25, -0.2) is 17.2 Å². The summed E-state index contributed by atoms with van der Waals surface area (Å²) in [4.78, 5) is 11.9. The van der Waals surface area contributed by atoms with Crippen LogP contribution in [0.3, 0.4) is 0 Å². The number of rotatable bonds is 4. The zero-order valence-electron chi connectivity index (χ0n) is 16.1. The van der Waals surface area contributed by atoms with E-state index in [-0.39, 0.29) is 35.3 Å². The molecule has 1 saturated heterocycles. The smallest absolute Gasteiger partial charge is 0.255 e. The van der Waals surface area contributed by atoms with Gasteiger partial charge in [0.2, 0.25) is 10.0 Å². The molecule has 6 nitrogen and oxygen atoms in total. The number of sulfonamides is 1. The number of hydrogen-bond donors (Lipinski definition) is 2. The van der Waals surface area contributed by atoms with Crippen molar-refractivity contribution >= 4 is 33.2 Å². The molecule has 0 bridgehead atoms. The van der Waals surface area contributed by atoms with Gasteiger partial charge in [0, 0.05) is 24.3 Å². The number of carbonyl (C=O) groups is 1. The highest BCUT2D eigenvalue weighted by Gasteiger charge is 2.33. The van der Waals surface area contributed by atoms with Gasteiger partial charge >= 0.3 is 0 Å². The van der Waals surface area contributed by atoms with Crippen LogP contribution in [0.5, 0.6) is 0 Å². The molecule has 3 rings (SSSR count). The molecule has 1 amide bonds. The van der Waals surface area contributed by atoms with Gasteiger partial charge in [-0.2, -0.15) is 4.31 Å².